The van der Waals surface area contributed by atoms with Crippen LogP contribution in [-0.4, -0.2) is 31.9 Å². The van der Waals surface area contributed by atoms with E-state index in [1.54, 1.807) is 6.07 Å². The van der Waals surface area contributed by atoms with E-state index in [1.165, 1.54) is 0 Å². The van der Waals surface area contributed by atoms with Gasteiger partial charge < -0.3 is 10.2 Å². The second kappa shape index (κ2) is 5.88. The zero-order chi connectivity index (χ0) is 12.9. The Hall–Kier alpha value is -1.27. The molecule has 0 saturated carbocycles. The Morgan fingerprint density at radius 3 is 2.35 bits per heavy atom. The minimum absolute atomic E-state index is 0.481. The van der Waals surface area contributed by atoms with Crippen molar-refractivity contribution < 1.29 is 13.0 Å². The molecule has 0 radical (unpaired) electrons. The highest BCUT2D eigenvalue weighted by Gasteiger charge is 2.09. The molecular formula is C11H18N2O3S. The van der Waals surface area contributed by atoms with Gasteiger partial charge in [0, 0.05) is 13.1 Å². The van der Waals surface area contributed by atoms with Crippen molar-refractivity contribution in [2.24, 2.45) is 0 Å². The van der Waals surface area contributed by atoms with E-state index in [-0.39, 0.29) is 0 Å². The van der Waals surface area contributed by atoms with Gasteiger partial charge in [-0.3, -0.25) is 4.55 Å². The Bertz CT molecular complexity index is 456. The number of benzene rings is 1. The van der Waals surface area contributed by atoms with Gasteiger partial charge in [-0.25, -0.2) is 0 Å². The molecule has 0 unspecified atom stereocenters. The third kappa shape index (κ3) is 4.24. The third-order valence-electron chi connectivity index (χ3n) is 2.45. The number of rotatable bonds is 6. The van der Waals surface area contributed by atoms with Crippen LogP contribution in [0, 0.1) is 0 Å². The van der Waals surface area contributed by atoms with Crippen LogP contribution in [0.3, 0.4) is 0 Å². The van der Waals surface area contributed by atoms with Gasteiger partial charge in [0.25, 0.3) is 10.1 Å². The van der Waals surface area contributed by atoms with Crippen molar-refractivity contribution in [1.29, 1.82) is 0 Å². The van der Waals surface area contributed by atoms with Crippen LogP contribution in [0.1, 0.15) is 13.8 Å². The smallest absolute Gasteiger partial charge is 0.283 e. The summed E-state index contributed by atoms with van der Waals surface area (Å²) in [5.74, 6) is -0.481. The number of hydrogen-bond acceptors (Lipinski definition) is 4. The lowest BCUT2D eigenvalue weighted by atomic mass is 10.2. The van der Waals surface area contributed by atoms with Gasteiger partial charge in [-0.2, -0.15) is 8.42 Å². The van der Waals surface area contributed by atoms with Gasteiger partial charge in [0.15, 0.2) is 0 Å². The molecule has 6 heteroatoms. The zero-order valence-electron chi connectivity index (χ0n) is 10.0. The Morgan fingerprint density at radius 1 is 1.24 bits per heavy atom. The molecule has 5 nitrogen and oxygen atoms in total. The van der Waals surface area contributed by atoms with Gasteiger partial charge in [-0.05, 0) is 26.0 Å². The molecule has 1 aromatic carbocycles. The molecule has 0 spiro atoms. The van der Waals surface area contributed by atoms with Crippen molar-refractivity contribution >= 4 is 21.5 Å². The largest absolute Gasteiger partial charge is 0.370 e. The predicted octanol–water partition coefficient (Wildman–Crippen LogP) is 1.79. The van der Waals surface area contributed by atoms with Crippen molar-refractivity contribution in [1.82, 2.24) is 0 Å². The van der Waals surface area contributed by atoms with Gasteiger partial charge in [0.2, 0.25) is 0 Å². The summed E-state index contributed by atoms with van der Waals surface area (Å²) in [6.07, 6.45) is 0. The normalized spacial score (nSPS) is 11.2. The molecule has 96 valence electrons. The van der Waals surface area contributed by atoms with E-state index in [0.29, 0.717) is 5.69 Å². The fourth-order valence-corrected chi connectivity index (χ4v) is 1.97. The summed E-state index contributed by atoms with van der Waals surface area (Å²) in [6.45, 7) is 5.73. The molecule has 1 aromatic rings. The van der Waals surface area contributed by atoms with E-state index in [2.05, 4.69) is 10.2 Å². The lowest BCUT2D eigenvalue weighted by Gasteiger charge is -2.24. The highest BCUT2D eigenvalue weighted by molar-refractivity contribution is 7.85. The maximum atomic E-state index is 10.7. The molecule has 0 atom stereocenters. The van der Waals surface area contributed by atoms with Crippen LogP contribution in [0.2, 0.25) is 0 Å². The standard InChI is InChI=1S/C11H18N2O3S/c1-3-13(4-2)11-8-6-5-7-10(11)12-9-17(14,15)16/h5-8,12H,3-4,9H2,1-2H3,(H,14,15,16). The minimum atomic E-state index is -4.01. The average Bonchev–Trinajstić information content (AvgIpc) is 2.28. The molecular weight excluding hydrogens is 240 g/mol. The Morgan fingerprint density at radius 2 is 1.82 bits per heavy atom. The van der Waals surface area contributed by atoms with Crippen LogP contribution in [0.15, 0.2) is 24.3 Å². The van der Waals surface area contributed by atoms with Crippen molar-refractivity contribution in [3.63, 3.8) is 0 Å². The summed E-state index contributed by atoms with van der Waals surface area (Å²) in [5, 5.41) is 2.72. The average molecular weight is 258 g/mol. The SMILES string of the molecule is CCN(CC)c1ccccc1NCS(=O)(=O)O. The van der Waals surface area contributed by atoms with E-state index in [9.17, 15) is 8.42 Å². The van der Waals surface area contributed by atoms with Crippen LogP contribution in [0.4, 0.5) is 11.4 Å². The lowest BCUT2D eigenvalue weighted by Crippen LogP contribution is -2.24. The maximum Gasteiger partial charge on any atom is 0.283 e. The summed E-state index contributed by atoms with van der Waals surface area (Å²) in [4.78, 5) is 2.10. The predicted molar refractivity (Wildman–Crippen MR) is 70.0 cm³/mol. The summed E-state index contributed by atoms with van der Waals surface area (Å²) in [7, 11) is -4.01. The van der Waals surface area contributed by atoms with Crippen LogP contribution >= 0.6 is 0 Å². The van der Waals surface area contributed by atoms with Crippen LogP contribution in [-0.2, 0) is 10.1 Å². The first kappa shape index (κ1) is 13.8. The Balaban J connectivity index is 2.91. The number of hydrogen-bond donors (Lipinski definition) is 2. The second-order valence-corrected chi connectivity index (χ2v) is 5.04. The molecule has 0 saturated heterocycles. The highest BCUT2D eigenvalue weighted by Crippen LogP contribution is 2.25. The Labute approximate surface area is 102 Å². The zero-order valence-corrected chi connectivity index (χ0v) is 10.9. The molecule has 0 aliphatic rings. The number of nitrogens with zero attached hydrogens (tertiary/aromatic N) is 1. The van der Waals surface area contributed by atoms with Gasteiger partial charge >= 0.3 is 0 Å². The summed E-state index contributed by atoms with van der Waals surface area (Å²) < 4.78 is 30.1. The van der Waals surface area contributed by atoms with Crippen molar-refractivity contribution in [2.45, 2.75) is 13.8 Å². The van der Waals surface area contributed by atoms with Crippen LogP contribution in [0.5, 0.6) is 0 Å². The van der Waals surface area contributed by atoms with E-state index >= 15 is 0 Å². The van der Waals surface area contributed by atoms with Crippen molar-refractivity contribution in [3.05, 3.63) is 24.3 Å². The minimum Gasteiger partial charge on any atom is -0.370 e. The highest BCUT2D eigenvalue weighted by atomic mass is 32.2. The molecule has 2 N–H and O–H groups in total. The van der Waals surface area contributed by atoms with Crippen molar-refractivity contribution in [3.8, 4) is 0 Å². The number of para-hydroxylation sites is 2. The summed E-state index contributed by atoms with van der Waals surface area (Å²) in [6, 6.07) is 7.42. The van der Waals surface area contributed by atoms with Gasteiger partial charge in [-0.15, -0.1) is 0 Å². The fraction of sp³-hybridized carbons (Fsp3) is 0.455. The molecule has 1 rings (SSSR count). The van der Waals surface area contributed by atoms with E-state index < -0.39 is 16.0 Å². The number of nitrogens with one attached hydrogen (secondary N) is 1. The fourth-order valence-electron chi connectivity index (χ4n) is 1.63. The molecule has 0 amide bonds. The quantitative estimate of drug-likeness (QED) is 0.761. The lowest BCUT2D eigenvalue weighted by molar-refractivity contribution is 0.485. The first-order valence-corrected chi connectivity index (χ1v) is 7.11. The summed E-state index contributed by atoms with van der Waals surface area (Å²) in [5.41, 5.74) is 1.63. The molecule has 17 heavy (non-hydrogen) atoms. The molecule has 0 aliphatic carbocycles. The van der Waals surface area contributed by atoms with Crippen LogP contribution in [0.25, 0.3) is 0 Å². The van der Waals surface area contributed by atoms with E-state index in [0.717, 1.165) is 18.8 Å². The Kier molecular flexibility index (Phi) is 4.77. The van der Waals surface area contributed by atoms with Gasteiger partial charge in [0.1, 0.15) is 5.88 Å². The van der Waals surface area contributed by atoms with Gasteiger partial charge in [0.05, 0.1) is 11.4 Å². The molecule has 0 aliphatic heterocycles. The van der Waals surface area contributed by atoms with E-state index in [4.69, 9.17) is 4.55 Å². The monoisotopic (exact) mass is 258 g/mol. The first-order valence-electron chi connectivity index (χ1n) is 5.51. The van der Waals surface area contributed by atoms with Crippen LogP contribution < -0.4 is 10.2 Å². The third-order valence-corrected chi connectivity index (χ3v) is 2.96. The van der Waals surface area contributed by atoms with Crippen molar-refractivity contribution in [2.75, 3.05) is 29.2 Å². The second-order valence-electron chi connectivity index (χ2n) is 3.59. The van der Waals surface area contributed by atoms with E-state index in [1.807, 2.05) is 32.0 Å². The molecule has 0 fully saturated rings. The topological polar surface area (TPSA) is 69.6 Å². The molecule has 0 aromatic heterocycles. The van der Waals surface area contributed by atoms with Gasteiger partial charge in [-0.1, -0.05) is 12.1 Å². The number of anilines is 2. The molecule has 0 bridgehead atoms. The summed E-state index contributed by atoms with van der Waals surface area (Å²) >= 11 is 0. The molecule has 0 heterocycles. The first-order chi connectivity index (χ1) is 7.98. The maximum absolute atomic E-state index is 10.7.